The summed E-state index contributed by atoms with van der Waals surface area (Å²) in [7, 11) is 0. The van der Waals surface area contributed by atoms with Gasteiger partial charge in [-0.3, -0.25) is 9.36 Å². The minimum atomic E-state index is -0.104. The topological polar surface area (TPSA) is 73.8 Å². The maximum Gasteiger partial charge on any atom is 0.264 e. The van der Waals surface area contributed by atoms with Gasteiger partial charge in [0.2, 0.25) is 5.89 Å². The highest BCUT2D eigenvalue weighted by Crippen LogP contribution is 2.15. The number of oxazole rings is 1. The van der Waals surface area contributed by atoms with Crippen molar-refractivity contribution in [1.29, 1.82) is 0 Å². The van der Waals surface area contributed by atoms with Crippen LogP contribution < -0.4 is 5.56 Å². The van der Waals surface area contributed by atoms with Crippen LogP contribution in [0.5, 0.6) is 0 Å². The molecule has 0 bridgehead atoms. The molecule has 0 amide bonds. The lowest BCUT2D eigenvalue weighted by Crippen LogP contribution is -2.21. The zero-order valence-corrected chi connectivity index (χ0v) is 11.4. The van der Waals surface area contributed by atoms with E-state index in [1.165, 1.54) is 22.4 Å². The van der Waals surface area contributed by atoms with E-state index in [-0.39, 0.29) is 12.1 Å². The van der Waals surface area contributed by atoms with Crippen LogP contribution in [0, 0.1) is 6.92 Å². The van der Waals surface area contributed by atoms with Crippen molar-refractivity contribution in [1.82, 2.24) is 18.9 Å². The number of rotatable bonds is 3. The third-order valence-corrected chi connectivity index (χ3v) is 3.74. The van der Waals surface area contributed by atoms with Gasteiger partial charge >= 0.3 is 0 Å². The van der Waals surface area contributed by atoms with Crippen LogP contribution in [0.15, 0.2) is 21.7 Å². The lowest BCUT2D eigenvalue weighted by molar-refractivity contribution is 0.443. The fourth-order valence-corrected chi connectivity index (χ4v) is 2.59. The normalized spacial score (nSPS) is 11.3. The molecule has 0 aliphatic carbocycles. The van der Waals surface area contributed by atoms with E-state index < -0.39 is 0 Å². The van der Waals surface area contributed by atoms with Crippen LogP contribution in [-0.2, 0) is 13.0 Å². The molecule has 0 saturated carbocycles. The molecule has 0 saturated heterocycles. The van der Waals surface area contributed by atoms with Crippen molar-refractivity contribution in [3.05, 3.63) is 40.2 Å². The maximum absolute atomic E-state index is 12.3. The highest BCUT2D eigenvalue weighted by molar-refractivity contribution is 7.12. The number of aromatic nitrogens is 4. The van der Waals surface area contributed by atoms with Crippen LogP contribution in [0.4, 0.5) is 0 Å². The maximum atomic E-state index is 12.3. The van der Waals surface area contributed by atoms with Crippen molar-refractivity contribution in [2.75, 3.05) is 0 Å². The standard InChI is InChI=1S/C12H12N4O2S/c1-3-8-4-13-9(18-8)5-16-6-14-11-10(12(16)17)7(2)15-19-11/h4,6H,3,5H2,1-2H3. The van der Waals surface area contributed by atoms with Gasteiger partial charge in [0.1, 0.15) is 12.3 Å². The van der Waals surface area contributed by atoms with Crippen LogP contribution in [0.3, 0.4) is 0 Å². The van der Waals surface area contributed by atoms with Crippen molar-refractivity contribution >= 4 is 21.7 Å². The first-order valence-electron chi connectivity index (χ1n) is 5.94. The molecule has 0 N–H and O–H groups in total. The van der Waals surface area contributed by atoms with E-state index in [0.29, 0.717) is 21.8 Å². The number of hydrogen-bond acceptors (Lipinski definition) is 6. The number of fused-ring (bicyclic) bond motifs is 1. The summed E-state index contributed by atoms with van der Waals surface area (Å²) in [4.78, 5) is 21.4. The molecule has 3 rings (SSSR count). The molecule has 0 aliphatic heterocycles. The Bertz CT molecular complexity index is 786. The Morgan fingerprint density at radius 1 is 1.42 bits per heavy atom. The molecule has 0 aliphatic rings. The van der Waals surface area contributed by atoms with Gasteiger partial charge < -0.3 is 4.42 Å². The summed E-state index contributed by atoms with van der Waals surface area (Å²) in [5, 5.41) is 0.578. The monoisotopic (exact) mass is 276 g/mol. The van der Waals surface area contributed by atoms with E-state index in [1.807, 2.05) is 13.8 Å². The molecule has 98 valence electrons. The highest BCUT2D eigenvalue weighted by Gasteiger charge is 2.12. The Balaban J connectivity index is 2.03. The molecular weight excluding hydrogens is 264 g/mol. The molecule has 0 aromatic carbocycles. The first-order chi connectivity index (χ1) is 9.19. The summed E-state index contributed by atoms with van der Waals surface area (Å²) in [6, 6.07) is 0. The van der Waals surface area contributed by atoms with Crippen molar-refractivity contribution in [2.45, 2.75) is 26.8 Å². The van der Waals surface area contributed by atoms with E-state index in [4.69, 9.17) is 4.42 Å². The zero-order chi connectivity index (χ0) is 13.4. The van der Waals surface area contributed by atoms with Gasteiger partial charge in [0.15, 0.2) is 4.83 Å². The Labute approximate surface area is 112 Å². The van der Waals surface area contributed by atoms with Crippen molar-refractivity contribution in [3.63, 3.8) is 0 Å². The minimum Gasteiger partial charge on any atom is -0.444 e. The second kappa shape index (κ2) is 4.58. The third kappa shape index (κ3) is 2.06. The van der Waals surface area contributed by atoms with Gasteiger partial charge in [0.05, 0.1) is 23.6 Å². The van der Waals surface area contributed by atoms with Gasteiger partial charge in [-0.2, -0.15) is 4.37 Å². The lowest BCUT2D eigenvalue weighted by atomic mass is 10.3. The van der Waals surface area contributed by atoms with Crippen molar-refractivity contribution in [2.24, 2.45) is 0 Å². The molecule has 19 heavy (non-hydrogen) atoms. The molecular formula is C12H12N4O2S. The summed E-state index contributed by atoms with van der Waals surface area (Å²) < 4.78 is 11.1. The van der Waals surface area contributed by atoms with E-state index in [0.717, 1.165) is 12.2 Å². The minimum absolute atomic E-state index is 0.104. The van der Waals surface area contributed by atoms with E-state index in [1.54, 1.807) is 6.20 Å². The second-order valence-corrected chi connectivity index (χ2v) is 4.95. The summed E-state index contributed by atoms with van der Waals surface area (Å²) in [5.41, 5.74) is 0.612. The number of aryl methyl sites for hydroxylation is 2. The fraction of sp³-hybridized carbons (Fsp3) is 0.333. The lowest BCUT2D eigenvalue weighted by Gasteiger charge is -2.01. The molecule has 0 unspecified atom stereocenters. The molecule has 0 fully saturated rings. The van der Waals surface area contributed by atoms with Crippen LogP contribution in [-0.4, -0.2) is 18.9 Å². The number of nitrogens with zero attached hydrogens (tertiary/aromatic N) is 4. The SMILES string of the molecule is CCc1cnc(Cn2cnc3snc(C)c3c2=O)o1. The Morgan fingerprint density at radius 3 is 3.00 bits per heavy atom. The largest absolute Gasteiger partial charge is 0.444 e. The number of hydrogen-bond donors (Lipinski definition) is 0. The highest BCUT2D eigenvalue weighted by atomic mass is 32.1. The molecule has 0 spiro atoms. The third-order valence-electron chi connectivity index (χ3n) is 2.89. The van der Waals surface area contributed by atoms with Crippen molar-refractivity contribution in [3.8, 4) is 0 Å². The Hall–Kier alpha value is -2.02. The second-order valence-electron chi connectivity index (χ2n) is 4.20. The van der Waals surface area contributed by atoms with E-state index in [2.05, 4.69) is 14.3 Å². The Kier molecular flexibility index (Phi) is 2.90. The molecule has 0 atom stereocenters. The van der Waals surface area contributed by atoms with Crippen LogP contribution in [0.25, 0.3) is 10.2 Å². The molecule has 0 radical (unpaired) electrons. The van der Waals surface area contributed by atoms with Crippen LogP contribution >= 0.6 is 11.5 Å². The van der Waals surface area contributed by atoms with Crippen LogP contribution in [0.1, 0.15) is 24.3 Å². The van der Waals surface area contributed by atoms with Gasteiger partial charge in [-0.05, 0) is 18.5 Å². The van der Waals surface area contributed by atoms with Crippen LogP contribution in [0.2, 0.25) is 0 Å². The average molecular weight is 276 g/mol. The predicted octanol–water partition coefficient (Wildman–Crippen LogP) is 1.76. The van der Waals surface area contributed by atoms with Gasteiger partial charge in [-0.1, -0.05) is 6.92 Å². The van der Waals surface area contributed by atoms with E-state index >= 15 is 0 Å². The average Bonchev–Trinajstić information content (AvgIpc) is 3.00. The first-order valence-corrected chi connectivity index (χ1v) is 6.71. The molecule has 3 aromatic rings. The van der Waals surface area contributed by atoms with Crippen molar-refractivity contribution < 1.29 is 4.42 Å². The summed E-state index contributed by atoms with van der Waals surface area (Å²) >= 11 is 1.24. The van der Waals surface area contributed by atoms with Gasteiger partial charge in [-0.15, -0.1) is 0 Å². The summed E-state index contributed by atoms with van der Waals surface area (Å²) in [6.45, 7) is 4.09. The summed E-state index contributed by atoms with van der Waals surface area (Å²) in [6.07, 6.45) is 3.98. The fourth-order valence-electron chi connectivity index (χ4n) is 1.85. The smallest absolute Gasteiger partial charge is 0.264 e. The molecule has 3 heterocycles. The summed E-state index contributed by atoms with van der Waals surface area (Å²) in [5.74, 6) is 1.33. The first kappa shape index (κ1) is 12.0. The van der Waals surface area contributed by atoms with Gasteiger partial charge in [0, 0.05) is 6.42 Å². The predicted molar refractivity (Wildman–Crippen MR) is 71.4 cm³/mol. The van der Waals surface area contributed by atoms with Gasteiger partial charge in [0.25, 0.3) is 5.56 Å². The van der Waals surface area contributed by atoms with E-state index in [9.17, 15) is 4.79 Å². The molecule has 3 aromatic heterocycles. The quantitative estimate of drug-likeness (QED) is 0.728. The molecule has 6 nitrogen and oxygen atoms in total. The molecule has 7 heteroatoms. The Morgan fingerprint density at radius 2 is 2.26 bits per heavy atom. The zero-order valence-electron chi connectivity index (χ0n) is 10.6. The van der Waals surface area contributed by atoms with Gasteiger partial charge in [-0.25, -0.2) is 9.97 Å².